The van der Waals surface area contributed by atoms with E-state index in [0.29, 0.717) is 12.6 Å². The molecule has 1 unspecified atom stereocenters. The molecular weight excluding hydrogens is 252 g/mol. The number of benzene rings is 1. The van der Waals surface area contributed by atoms with Crippen LogP contribution in [0.1, 0.15) is 57.1 Å². The summed E-state index contributed by atoms with van der Waals surface area (Å²) in [6.07, 6.45) is 5.94. The van der Waals surface area contributed by atoms with Crippen molar-refractivity contribution in [1.29, 1.82) is 0 Å². The zero-order valence-corrected chi connectivity index (χ0v) is 12.8. The topological polar surface area (TPSA) is 55.2 Å². The molecule has 4 heteroatoms. The first-order chi connectivity index (χ1) is 9.60. The van der Waals surface area contributed by atoms with Gasteiger partial charge in [-0.2, -0.15) is 0 Å². The Morgan fingerprint density at radius 1 is 1.25 bits per heavy atom. The van der Waals surface area contributed by atoms with Crippen molar-refractivity contribution in [2.75, 3.05) is 0 Å². The molecule has 0 saturated carbocycles. The van der Waals surface area contributed by atoms with Crippen LogP contribution in [0.25, 0.3) is 0 Å². The van der Waals surface area contributed by atoms with Crippen molar-refractivity contribution >= 4 is 5.69 Å². The first-order valence-electron chi connectivity index (χ1n) is 7.56. The van der Waals surface area contributed by atoms with Gasteiger partial charge in [0.25, 0.3) is 5.69 Å². The lowest BCUT2D eigenvalue weighted by Crippen LogP contribution is -2.28. The molecule has 4 nitrogen and oxygen atoms in total. The molecule has 0 heterocycles. The van der Waals surface area contributed by atoms with Gasteiger partial charge in [-0.25, -0.2) is 0 Å². The highest BCUT2D eigenvalue weighted by Crippen LogP contribution is 2.21. The molecule has 0 saturated heterocycles. The summed E-state index contributed by atoms with van der Waals surface area (Å²) in [4.78, 5) is 10.6. The Balaban J connectivity index is 2.67. The van der Waals surface area contributed by atoms with Gasteiger partial charge in [0.1, 0.15) is 0 Å². The molecule has 0 aliphatic carbocycles. The molecule has 1 rings (SSSR count). The average molecular weight is 278 g/mol. The van der Waals surface area contributed by atoms with Gasteiger partial charge < -0.3 is 5.32 Å². The fourth-order valence-corrected chi connectivity index (χ4v) is 2.46. The lowest BCUT2D eigenvalue weighted by molar-refractivity contribution is -0.385. The van der Waals surface area contributed by atoms with Crippen LogP contribution in [0.2, 0.25) is 0 Å². The van der Waals surface area contributed by atoms with E-state index in [1.54, 1.807) is 12.1 Å². The van der Waals surface area contributed by atoms with Crippen LogP contribution in [0.5, 0.6) is 0 Å². The van der Waals surface area contributed by atoms with Crippen LogP contribution in [-0.2, 0) is 6.54 Å². The monoisotopic (exact) mass is 278 g/mol. The third-order valence-electron chi connectivity index (χ3n) is 3.74. The maximum atomic E-state index is 10.9. The zero-order valence-electron chi connectivity index (χ0n) is 12.8. The molecule has 0 aromatic heterocycles. The van der Waals surface area contributed by atoms with Crippen molar-refractivity contribution in [3.8, 4) is 0 Å². The summed E-state index contributed by atoms with van der Waals surface area (Å²) >= 11 is 0. The van der Waals surface area contributed by atoms with E-state index in [1.165, 1.54) is 19.3 Å². The van der Waals surface area contributed by atoms with Gasteiger partial charge in [0, 0.05) is 24.2 Å². The summed E-state index contributed by atoms with van der Waals surface area (Å²) in [7, 11) is 0. The Hall–Kier alpha value is -1.42. The smallest absolute Gasteiger partial charge is 0.272 e. The van der Waals surface area contributed by atoms with Crippen molar-refractivity contribution in [2.45, 2.75) is 65.5 Å². The van der Waals surface area contributed by atoms with Crippen LogP contribution in [0, 0.1) is 17.0 Å². The molecular formula is C16H26N2O2. The van der Waals surface area contributed by atoms with Gasteiger partial charge in [-0.15, -0.1) is 0 Å². The van der Waals surface area contributed by atoms with E-state index in [1.807, 2.05) is 13.0 Å². The van der Waals surface area contributed by atoms with Crippen molar-refractivity contribution in [2.24, 2.45) is 0 Å². The maximum absolute atomic E-state index is 10.9. The van der Waals surface area contributed by atoms with Gasteiger partial charge in [-0.05, 0) is 25.3 Å². The molecule has 0 aliphatic rings. The Morgan fingerprint density at radius 3 is 2.60 bits per heavy atom. The van der Waals surface area contributed by atoms with Gasteiger partial charge in [-0.3, -0.25) is 10.1 Å². The lowest BCUT2D eigenvalue weighted by Gasteiger charge is -2.18. The number of rotatable bonds is 9. The number of nitrogens with one attached hydrogen (secondary N) is 1. The van der Waals surface area contributed by atoms with Gasteiger partial charge in [0.05, 0.1) is 4.92 Å². The summed E-state index contributed by atoms with van der Waals surface area (Å²) in [6, 6.07) is 5.82. The van der Waals surface area contributed by atoms with E-state index in [4.69, 9.17) is 0 Å². The van der Waals surface area contributed by atoms with Crippen LogP contribution in [0.3, 0.4) is 0 Å². The molecule has 1 N–H and O–H groups in total. The zero-order chi connectivity index (χ0) is 15.0. The van der Waals surface area contributed by atoms with Crippen LogP contribution >= 0.6 is 0 Å². The fraction of sp³-hybridized carbons (Fsp3) is 0.625. The summed E-state index contributed by atoms with van der Waals surface area (Å²) in [5, 5.41) is 14.5. The molecule has 0 bridgehead atoms. The van der Waals surface area contributed by atoms with E-state index in [-0.39, 0.29) is 10.6 Å². The van der Waals surface area contributed by atoms with Gasteiger partial charge in [-0.1, -0.05) is 45.2 Å². The number of unbranched alkanes of at least 4 members (excludes halogenated alkanes) is 1. The maximum Gasteiger partial charge on any atom is 0.272 e. The molecule has 1 atom stereocenters. The minimum atomic E-state index is -0.306. The summed E-state index contributed by atoms with van der Waals surface area (Å²) in [5.74, 6) is 0. The first kappa shape index (κ1) is 16.6. The standard InChI is InChI=1S/C16H26N2O2/c1-4-6-10-15(8-5-2)17-12-14-9-7-11-16(13(14)3)18(19)20/h7,9,11,15,17H,4-6,8,10,12H2,1-3H3. The largest absolute Gasteiger partial charge is 0.310 e. The molecule has 112 valence electrons. The number of hydrogen-bond donors (Lipinski definition) is 1. The second-order valence-electron chi connectivity index (χ2n) is 5.33. The Morgan fingerprint density at radius 2 is 2.00 bits per heavy atom. The quantitative estimate of drug-likeness (QED) is 0.539. The second-order valence-corrected chi connectivity index (χ2v) is 5.33. The van der Waals surface area contributed by atoms with Crippen molar-refractivity contribution in [3.05, 3.63) is 39.4 Å². The number of nitro groups is 1. The fourth-order valence-electron chi connectivity index (χ4n) is 2.46. The number of hydrogen-bond acceptors (Lipinski definition) is 3. The Bertz CT molecular complexity index is 432. The predicted molar refractivity (Wildman–Crippen MR) is 82.9 cm³/mol. The van der Waals surface area contributed by atoms with Crippen LogP contribution < -0.4 is 5.32 Å². The number of nitro benzene ring substituents is 1. The van der Waals surface area contributed by atoms with Crippen molar-refractivity contribution in [1.82, 2.24) is 5.32 Å². The Kier molecular flexibility index (Phi) is 7.23. The molecule has 1 aromatic carbocycles. The molecule has 0 amide bonds. The van der Waals surface area contributed by atoms with E-state index in [9.17, 15) is 10.1 Å². The van der Waals surface area contributed by atoms with Crippen LogP contribution in [0.15, 0.2) is 18.2 Å². The van der Waals surface area contributed by atoms with E-state index >= 15 is 0 Å². The highest BCUT2D eigenvalue weighted by Gasteiger charge is 2.14. The molecule has 0 aliphatic heterocycles. The number of nitrogens with zero attached hydrogens (tertiary/aromatic N) is 1. The van der Waals surface area contributed by atoms with E-state index in [0.717, 1.165) is 24.0 Å². The summed E-state index contributed by atoms with van der Waals surface area (Å²) in [5.41, 5.74) is 2.01. The minimum Gasteiger partial charge on any atom is -0.310 e. The van der Waals surface area contributed by atoms with Crippen LogP contribution in [-0.4, -0.2) is 11.0 Å². The highest BCUT2D eigenvalue weighted by molar-refractivity contribution is 5.44. The lowest BCUT2D eigenvalue weighted by atomic mass is 10.0. The first-order valence-corrected chi connectivity index (χ1v) is 7.56. The second kappa shape index (κ2) is 8.69. The Labute approximate surface area is 121 Å². The van der Waals surface area contributed by atoms with Gasteiger partial charge >= 0.3 is 0 Å². The molecule has 0 radical (unpaired) electrons. The predicted octanol–water partition coefficient (Wildman–Crippen LogP) is 4.35. The van der Waals surface area contributed by atoms with Gasteiger partial charge in [0.2, 0.25) is 0 Å². The molecule has 0 spiro atoms. The third kappa shape index (κ3) is 4.93. The SMILES string of the molecule is CCCCC(CCC)NCc1cccc([N+](=O)[O-])c1C. The summed E-state index contributed by atoms with van der Waals surface area (Å²) < 4.78 is 0. The molecule has 20 heavy (non-hydrogen) atoms. The highest BCUT2D eigenvalue weighted by atomic mass is 16.6. The van der Waals surface area contributed by atoms with Crippen LogP contribution in [0.4, 0.5) is 5.69 Å². The van der Waals surface area contributed by atoms with E-state index < -0.39 is 0 Å². The average Bonchev–Trinajstić information content (AvgIpc) is 2.42. The molecule has 1 aromatic rings. The van der Waals surface area contributed by atoms with Crippen molar-refractivity contribution < 1.29 is 4.92 Å². The normalized spacial score (nSPS) is 12.3. The minimum absolute atomic E-state index is 0.213. The van der Waals surface area contributed by atoms with Gasteiger partial charge in [0.15, 0.2) is 0 Å². The summed E-state index contributed by atoms with van der Waals surface area (Å²) in [6.45, 7) is 6.94. The third-order valence-corrected chi connectivity index (χ3v) is 3.74. The van der Waals surface area contributed by atoms with Crippen molar-refractivity contribution in [3.63, 3.8) is 0 Å². The van der Waals surface area contributed by atoms with E-state index in [2.05, 4.69) is 19.2 Å². The molecule has 0 fully saturated rings.